The van der Waals surface area contributed by atoms with Crippen molar-refractivity contribution in [1.82, 2.24) is 4.98 Å². The maximum Gasteiger partial charge on any atom is 0.127 e. The summed E-state index contributed by atoms with van der Waals surface area (Å²) in [5.74, 6) is 0.252. The molecule has 0 unspecified atom stereocenters. The maximum atomic E-state index is 9.99. The van der Waals surface area contributed by atoms with Crippen molar-refractivity contribution in [2.45, 2.75) is 19.3 Å². The molecular formula is C21H16N2OS2. The Labute approximate surface area is 159 Å². The number of thiophene rings is 1. The van der Waals surface area contributed by atoms with Crippen LogP contribution in [0.1, 0.15) is 22.4 Å². The van der Waals surface area contributed by atoms with Gasteiger partial charge in [0.05, 0.1) is 15.8 Å². The van der Waals surface area contributed by atoms with Crippen LogP contribution in [0, 0.1) is 0 Å². The van der Waals surface area contributed by atoms with Crippen molar-refractivity contribution >= 4 is 44.1 Å². The molecule has 5 heteroatoms. The molecule has 3 nitrogen and oxygen atoms in total. The molecule has 1 aliphatic carbocycles. The molecule has 2 aromatic carbocycles. The monoisotopic (exact) mass is 376 g/mol. The standard InChI is InChI=1S/C21H16N2OS2/c24-16-9-3-1-6-13(16)12-22-20-19(14-7-5-11-17(14)25-20)21-23-15-8-2-4-10-18(15)26-21/h1-4,6,8-10,12,24H,5,7,11H2. The third-order valence-electron chi connectivity index (χ3n) is 4.67. The predicted molar refractivity (Wildman–Crippen MR) is 110 cm³/mol. The molecule has 0 amide bonds. The normalized spacial score (nSPS) is 13.7. The van der Waals surface area contributed by atoms with Crippen LogP contribution >= 0.6 is 22.7 Å². The lowest BCUT2D eigenvalue weighted by atomic mass is 10.1. The number of hydrogen-bond acceptors (Lipinski definition) is 5. The zero-order chi connectivity index (χ0) is 17.5. The van der Waals surface area contributed by atoms with Gasteiger partial charge >= 0.3 is 0 Å². The summed E-state index contributed by atoms with van der Waals surface area (Å²) in [6, 6.07) is 15.5. The summed E-state index contributed by atoms with van der Waals surface area (Å²) in [5.41, 5.74) is 4.38. The van der Waals surface area contributed by atoms with Crippen molar-refractivity contribution < 1.29 is 5.11 Å². The number of hydrogen-bond donors (Lipinski definition) is 1. The number of aromatic nitrogens is 1. The summed E-state index contributed by atoms with van der Waals surface area (Å²) in [7, 11) is 0. The second-order valence-corrected chi connectivity index (χ2v) is 8.46. The Morgan fingerprint density at radius 1 is 1.00 bits per heavy atom. The minimum atomic E-state index is 0.252. The van der Waals surface area contributed by atoms with Gasteiger partial charge in [0.25, 0.3) is 0 Å². The molecule has 0 atom stereocenters. The van der Waals surface area contributed by atoms with Gasteiger partial charge in [-0.15, -0.1) is 22.7 Å². The van der Waals surface area contributed by atoms with E-state index < -0.39 is 0 Å². The van der Waals surface area contributed by atoms with Gasteiger partial charge < -0.3 is 5.11 Å². The van der Waals surface area contributed by atoms with Gasteiger partial charge in [0.15, 0.2) is 0 Å². The Morgan fingerprint density at radius 3 is 2.73 bits per heavy atom. The fraction of sp³-hybridized carbons (Fsp3) is 0.143. The highest BCUT2D eigenvalue weighted by Crippen LogP contribution is 2.48. The first kappa shape index (κ1) is 15.7. The third kappa shape index (κ3) is 2.64. The van der Waals surface area contributed by atoms with Crippen LogP contribution in [0.15, 0.2) is 53.5 Å². The SMILES string of the molecule is Oc1ccccc1C=Nc1sc2c(c1-c1nc3ccccc3s1)CCC2. The third-order valence-corrected chi connectivity index (χ3v) is 6.92. The van der Waals surface area contributed by atoms with Crippen LogP contribution in [0.25, 0.3) is 20.8 Å². The number of rotatable bonds is 3. The number of phenolic OH excluding ortho intramolecular Hbond substituents is 1. The van der Waals surface area contributed by atoms with Crippen LogP contribution in [0.4, 0.5) is 5.00 Å². The maximum absolute atomic E-state index is 9.99. The topological polar surface area (TPSA) is 45.5 Å². The van der Waals surface area contributed by atoms with Crippen molar-refractivity contribution in [3.63, 3.8) is 0 Å². The molecule has 5 rings (SSSR count). The van der Waals surface area contributed by atoms with Gasteiger partial charge in [0, 0.05) is 16.7 Å². The molecule has 0 aliphatic heterocycles. The largest absolute Gasteiger partial charge is 0.507 e. The van der Waals surface area contributed by atoms with E-state index in [1.54, 1.807) is 35.0 Å². The van der Waals surface area contributed by atoms with Crippen LogP contribution in [0.5, 0.6) is 5.75 Å². The minimum absolute atomic E-state index is 0.252. The summed E-state index contributed by atoms with van der Waals surface area (Å²) >= 11 is 3.50. The number of benzene rings is 2. The highest BCUT2D eigenvalue weighted by Gasteiger charge is 2.25. The summed E-state index contributed by atoms with van der Waals surface area (Å²) in [4.78, 5) is 11.0. The van der Waals surface area contributed by atoms with E-state index in [0.29, 0.717) is 0 Å². The molecule has 128 valence electrons. The van der Waals surface area contributed by atoms with Crippen LogP contribution in [-0.2, 0) is 12.8 Å². The number of aliphatic imine (C=N–C) groups is 1. The number of para-hydroxylation sites is 2. The Kier molecular flexibility index (Phi) is 3.84. The van der Waals surface area contributed by atoms with Crippen LogP contribution in [0.2, 0.25) is 0 Å². The van der Waals surface area contributed by atoms with Gasteiger partial charge in [-0.1, -0.05) is 24.3 Å². The van der Waals surface area contributed by atoms with E-state index in [2.05, 4.69) is 18.2 Å². The van der Waals surface area contributed by atoms with Gasteiger partial charge in [0.1, 0.15) is 15.8 Å². The Hall–Kier alpha value is -2.50. The Morgan fingerprint density at radius 2 is 1.85 bits per heavy atom. The lowest BCUT2D eigenvalue weighted by molar-refractivity contribution is 0.474. The van der Waals surface area contributed by atoms with E-state index in [1.807, 2.05) is 24.3 Å². The van der Waals surface area contributed by atoms with Gasteiger partial charge in [0.2, 0.25) is 0 Å². The molecule has 1 N–H and O–H groups in total. The fourth-order valence-corrected chi connectivity index (χ4v) is 5.74. The van der Waals surface area contributed by atoms with Gasteiger partial charge in [-0.2, -0.15) is 0 Å². The predicted octanol–water partition coefficient (Wildman–Crippen LogP) is 5.97. The molecule has 0 fully saturated rings. The zero-order valence-electron chi connectivity index (χ0n) is 14.0. The summed E-state index contributed by atoms with van der Waals surface area (Å²) in [6.07, 6.45) is 5.20. The Bertz CT molecular complexity index is 1110. The van der Waals surface area contributed by atoms with Gasteiger partial charge in [-0.25, -0.2) is 9.98 Å². The highest BCUT2D eigenvalue weighted by molar-refractivity contribution is 7.22. The molecule has 1 aliphatic rings. The summed E-state index contributed by atoms with van der Waals surface area (Å²) in [5, 5.41) is 12.0. The zero-order valence-corrected chi connectivity index (χ0v) is 15.6. The fourth-order valence-electron chi connectivity index (χ4n) is 3.41. The summed E-state index contributed by atoms with van der Waals surface area (Å²) in [6.45, 7) is 0. The van der Waals surface area contributed by atoms with E-state index in [1.165, 1.54) is 27.1 Å². The molecule has 0 radical (unpaired) electrons. The van der Waals surface area contributed by atoms with E-state index in [4.69, 9.17) is 9.98 Å². The van der Waals surface area contributed by atoms with Crippen molar-refractivity contribution in [2.75, 3.05) is 0 Å². The first-order valence-electron chi connectivity index (χ1n) is 8.62. The van der Waals surface area contributed by atoms with E-state index in [-0.39, 0.29) is 5.75 Å². The lowest BCUT2D eigenvalue weighted by Gasteiger charge is -2.00. The van der Waals surface area contributed by atoms with Gasteiger partial charge in [-0.05, 0) is 49.1 Å². The number of nitrogens with zero attached hydrogens (tertiary/aromatic N) is 2. The molecule has 0 spiro atoms. The van der Waals surface area contributed by atoms with Crippen molar-refractivity contribution in [2.24, 2.45) is 4.99 Å². The van der Waals surface area contributed by atoms with E-state index in [0.717, 1.165) is 33.9 Å². The molecule has 0 saturated carbocycles. The van der Waals surface area contributed by atoms with Gasteiger partial charge in [-0.3, -0.25) is 0 Å². The summed E-state index contributed by atoms with van der Waals surface area (Å²) < 4.78 is 1.20. The average Bonchev–Trinajstić information content (AvgIpc) is 3.34. The molecule has 0 saturated heterocycles. The van der Waals surface area contributed by atoms with Crippen LogP contribution < -0.4 is 0 Å². The first-order chi connectivity index (χ1) is 12.8. The van der Waals surface area contributed by atoms with Crippen molar-refractivity contribution in [3.8, 4) is 16.3 Å². The van der Waals surface area contributed by atoms with Crippen LogP contribution in [0.3, 0.4) is 0 Å². The van der Waals surface area contributed by atoms with Crippen molar-refractivity contribution in [3.05, 3.63) is 64.5 Å². The van der Waals surface area contributed by atoms with E-state index >= 15 is 0 Å². The first-order valence-corrected chi connectivity index (χ1v) is 10.3. The second kappa shape index (κ2) is 6.34. The molecule has 26 heavy (non-hydrogen) atoms. The number of thiazole rings is 1. The van der Waals surface area contributed by atoms with Crippen LogP contribution in [-0.4, -0.2) is 16.3 Å². The smallest absolute Gasteiger partial charge is 0.127 e. The quantitative estimate of drug-likeness (QED) is 0.448. The number of phenols is 1. The molecule has 4 aromatic rings. The lowest BCUT2D eigenvalue weighted by Crippen LogP contribution is -1.83. The average molecular weight is 377 g/mol. The molecule has 0 bridgehead atoms. The number of aromatic hydroxyl groups is 1. The molecule has 2 heterocycles. The van der Waals surface area contributed by atoms with E-state index in [9.17, 15) is 5.11 Å². The number of aryl methyl sites for hydroxylation is 1. The highest BCUT2D eigenvalue weighted by atomic mass is 32.1. The molecular weight excluding hydrogens is 360 g/mol. The molecule has 2 aromatic heterocycles. The Balaban J connectivity index is 1.64. The minimum Gasteiger partial charge on any atom is -0.507 e. The number of fused-ring (bicyclic) bond motifs is 2. The van der Waals surface area contributed by atoms with Crippen molar-refractivity contribution in [1.29, 1.82) is 0 Å². The second-order valence-electron chi connectivity index (χ2n) is 6.34.